The molecule has 1 N–H and O–H groups in total. The van der Waals surface area contributed by atoms with Gasteiger partial charge in [-0.1, -0.05) is 61.0 Å². The van der Waals surface area contributed by atoms with Crippen molar-refractivity contribution in [3.05, 3.63) is 95.1 Å². The maximum absolute atomic E-state index is 13.2. The molecule has 0 saturated carbocycles. The van der Waals surface area contributed by atoms with E-state index in [0.29, 0.717) is 30.8 Å². The summed E-state index contributed by atoms with van der Waals surface area (Å²) in [5, 5.41) is 3.19. The summed E-state index contributed by atoms with van der Waals surface area (Å²) in [7, 11) is -2.01. The zero-order valence-electron chi connectivity index (χ0n) is 20.9. The monoisotopic (exact) mass is 506 g/mol. The number of ether oxygens (including phenoxy) is 1. The molecule has 0 bridgehead atoms. The Kier molecular flexibility index (Phi) is 8.44. The normalized spacial score (nSPS) is 15.3. The molecule has 190 valence electrons. The van der Waals surface area contributed by atoms with Gasteiger partial charge in [-0.15, -0.1) is 0 Å². The van der Waals surface area contributed by atoms with Crippen molar-refractivity contribution in [3.8, 4) is 5.75 Å². The van der Waals surface area contributed by atoms with Gasteiger partial charge in [-0.05, 0) is 66.6 Å². The van der Waals surface area contributed by atoms with E-state index in [0.717, 1.165) is 36.0 Å². The molecule has 1 heterocycles. The maximum atomic E-state index is 13.2. The third kappa shape index (κ3) is 5.97. The first kappa shape index (κ1) is 25.9. The SMILES string of the molecule is COc1ccc(S(=O)(=O)N2CCCCC2)cc1CCC(=O)N[C@H](c1ccccc1)c1ccccc1C. The first-order valence-electron chi connectivity index (χ1n) is 12.5. The Bertz CT molecular complexity index is 1290. The van der Waals surface area contributed by atoms with Gasteiger partial charge in [0, 0.05) is 19.5 Å². The Morgan fingerprint density at radius 3 is 2.36 bits per heavy atom. The smallest absolute Gasteiger partial charge is 0.243 e. The van der Waals surface area contributed by atoms with Crippen LogP contribution in [0.25, 0.3) is 0 Å². The maximum Gasteiger partial charge on any atom is 0.243 e. The highest BCUT2D eigenvalue weighted by atomic mass is 32.2. The lowest BCUT2D eigenvalue weighted by Crippen LogP contribution is -2.35. The van der Waals surface area contributed by atoms with E-state index in [-0.39, 0.29) is 23.3 Å². The number of hydrogen-bond acceptors (Lipinski definition) is 4. The third-order valence-electron chi connectivity index (χ3n) is 6.76. The molecule has 7 heteroatoms. The lowest BCUT2D eigenvalue weighted by molar-refractivity contribution is -0.121. The van der Waals surface area contributed by atoms with E-state index < -0.39 is 10.0 Å². The van der Waals surface area contributed by atoms with E-state index in [1.807, 2.05) is 61.5 Å². The summed E-state index contributed by atoms with van der Waals surface area (Å²) in [4.78, 5) is 13.4. The zero-order valence-corrected chi connectivity index (χ0v) is 21.8. The van der Waals surface area contributed by atoms with E-state index in [2.05, 4.69) is 5.32 Å². The highest BCUT2D eigenvalue weighted by molar-refractivity contribution is 7.89. The number of carbonyl (C=O) groups excluding carboxylic acids is 1. The minimum atomic E-state index is -3.57. The molecule has 36 heavy (non-hydrogen) atoms. The van der Waals surface area contributed by atoms with Gasteiger partial charge in [-0.25, -0.2) is 8.42 Å². The summed E-state index contributed by atoms with van der Waals surface area (Å²) in [6.45, 7) is 3.13. The molecular weight excluding hydrogens is 472 g/mol. The van der Waals surface area contributed by atoms with Crippen LogP contribution in [-0.4, -0.2) is 38.8 Å². The number of rotatable bonds is 9. The standard InChI is InChI=1S/C29H34N2O4S/c1-22-11-7-8-14-26(22)29(23-12-5-3-6-13-23)30-28(32)18-15-24-21-25(16-17-27(24)35-2)36(33,34)31-19-9-4-10-20-31/h3,5-8,11-14,16-17,21,29H,4,9-10,15,18-20H2,1-2H3,(H,30,32)/t29-/m1/s1. The number of nitrogens with zero attached hydrogens (tertiary/aromatic N) is 1. The minimum absolute atomic E-state index is 0.113. The van der Waals surface area contributed by atoms with Crippen LogP contribution in [0.5, 0.6) is 5.75 Å². The number of carbonyl (C=O) groups is 1. The summed E-state index contributed by atoms with van der Waals surface area (Å²) >= 11 is 0. The van der Waals surface area contributed by atoms with E-state index >= 15 is 0 Å². The van der Waals surface area contributed by atoms with Gasteiger partial charge >= 0.3 is 0 Å². The molecule has 1 saturated heterocycles. The Hall–Kier alpha value is -3.16. The van der Waals surface area contributed by atoms with Crippen molar-refractivity contribution >= 4 is 15.9 Å². The fraction of sp³-hybridized carbons (Fsp3) is 0.345. The molecule has 3 aromatic rings. The minimum Gasteiger partial charge on any atom is -0.496 e. The van der Waals surface area contributed by atoms with Crippen molar-refractivity contribution < 1.29 is 17.9 Å². The Morgan fingerprint density at radius 2 is 1.67 bits per heavy atom. The number of sulfonamides is 1. The molecule has 1 aliphatic rings. The Labute approximate surface area is 214 Å². The molecule has 0 spiro atoms. The number of hydrogen-bond donors (Lipinski definition) is 1. The summed E-state index contributed by atoms with van der Waals surface area (Å²) in [5.74, 6) is 0.470. The van der Waals surface area contributed by atoms with Gasteiger partial charge < -0.3 is 10.1 Å². The molecule has 1 fully saturated rings. The molecule has 1 atom stereocenters. The van der Waals surface area contributed by atoms with Gasteiger partial charge in [0.25, 0.3) is 0 Å². The number of aryl methyl sites for hydroxylation is 2. The van der Waals surface area contributed by atoms with Gasteiger partial charge in [0.05, 0.1) is 18.0 Å². The van der Waals surface area contributed by atoms with Gasteiger partial charge in [0.1, 0.15) is 5.75 Å². The van der Waals surface area contributed by atoms with E-state index in [4.69, 9.17) is 4.74 Å². The number of benzene rings is 3. The van der Waals surface area contributed by atoms with Gasteiger partial charge in [0.15, 0.2) is 0 Å². The van der Waals surface area contributed by atoms with E-state index in [9.17, 15) is 13.2 Å². The summed E-state index contributed by atoms with van der Waals surface area (Å²) in [6, 6.07) is 22.6. The van der Waals surface area contributed by atoms with Crippen LogP contribution in [0.3, 0.4) is 0 Å². The summed E-state index contributed by atoms with van der Waals surface area (Å²) in [5.41, 5.74) is 3.86. The first-order chi connectivity index (χ1) is 17.4. The van der Waals surface area contributed by atoms with Crippen molar-refractivity contribution in [2.45, 2.75) is 50.0 Å². The zero-order chi connectivity index (χ0) is 25.5. The molecule has 0 aromatic heterocycles. The van der Waals surface area contributed by atoms with Crippen molar-refractivity contribution in [1.29, 1.82) is 0 Å². The van der Waals surface area contributed by atoms with Crippen molar-refractivity contribution in [1.82, 2.24) is 9.62 Å². The second kappa shape index (κ2) is 11.7. The van der Waals surface area contributed by atoms with Crippen LogP contribution in [0, 0.1) is 6.92 Å². The molecule has 0 unspecified atom stereocenters. The highest BCUT2D eigenvalue weighted by Gasteiger charge is 2.27. The van der Waals surface area contributed by atoms with Gasteiger partial charge in [-0.2, -0.15) is 4.31 Å². The largest absolute Gasteiger partial charge is 0.496 e. The summed E-state index contributed by atoms with van der Waals surface area (Å²) in [6.07, 6.45) is 3.39. The van der Waals surface area contributed by atoms with Crippen LogP contribution in [0.1, 0.15) is 54.0 Å². The molecule has 0 radical (unpaired) electrons. The number of methoxy groups -OCH3 is 1. The fourth-order valence-corrected chi connectivity index (χ4v) is 6.31. The second-order valence-corrected chi connectivity index (χ2v) is 11.1. The Morgan fingerprint density at radius 1 is 0.972 bits per heavy atom. The van der Waals surface area contributed by atoms with Crippen LogP contribution in [0.4, 0.5) is 0 Å². The van der Waals surface area contributed by atoms with Crippen LogP contribution in [0.2, 0.25) is 0 Å². The molecule has 0 aliphatic carbocycles. The molecule has 3 aromatic carbocycles. The quantitative estimate of drug-likeness (QED) is 0.442. The number of nitrogens with one attached hydrogen (secondary N) is 1. The Balaban J connectivity index is 1.52. The molecule has 1 amide bonds. The topological polar surface area (TPSA) is 75.7 Å². The fourth-order valence-electron chi connectivity index (χ4n) is 4.74. The predicted molar refractivity (Wildman–Crippen MR) is 142 cm³/mol. The molecule has 4 rings (SSSR count). The molecule has 6 nitrogen and oxygen atoms in total. The number of amides is 1. The molecular formula is C29H34N2O4S. The van der Waals surface area contributed by atoms with E-state index in [1.165, 1.54) is 0 Å². The average Bonchev–Trinajstić information content (AvgIpc) is 2.92. The van der Waals surface area contributed by atoms with Crippen molar-refractivity contribution in [3.63, 3.8) is 0 Å². The van der Waals surface area contributed by atoms with Crippen LogP contribution < -0.4 is 10.1 Å². The average molecular weight is 507 g/mol. The second-order valence-electron chi connectivity index (χ2n) is 9.21. The first-order valence-corrected chi connectivity index (χ1v) is 13.9. The van der Waals surface area contributed by atoms with E-state index in [1.54, 1.807) is 29.6 Å². The van der Waals surface area contributed by atoms with Crippen molar-refractivity contribution in [2.24, 2.45) is 0 Å². The van der Waals surface area contributed by atoms with Crippen molar-refractivity contribution in [2.75, 3.05) is 20.2 Å². The third-order valence-corrected chi connectivity index (χ3v) is 8.66. The van der Waals surface area contributed by atoms with Crippen LogP contribution in [0.15, 0.2) is 77.7 Å². The number of piperidine rings is 1. The van der Waals surface area contributed by atoms with Gasteiger partial charge in [0.2, 0.25) is 15.9 Å². The highest BCUT2D eigenvalue weighted by Crippen LogP contribution is 2.28. The predicted octanol–water partition coefficient (Wildman–Crippen LogP) is 5.02. The van der Waals surface area contributed by atoms with Gasteiger partial charge in [-0.3, -0.25) is 4.79 Å². The van der Waals surface area contributed by atoms with Crippen LogP contribution in [-0.2, 0) is 21.2 Å². The molecule has 1 aliphatic heterocycles. The lowest BCUT2D eigenvalue weighted by atomic mass is 9.94. The van der Waals surface area contributed by atoms with Crippen LogP contribution >= 0.6 is 0 Å². The lowest BCUT2D eigenvalue weighted by Gasteiger charge is -2.26. The summed E-state index contributed by atoms with van der Waals surface area (Å²) < 4.78 is 33.4.